The van der Waals surface area contributed by atoms with Crippen molar-refractivity contribution in [1.82, 2.24) is 10.2 Å². The Hall–Kier alpha value is -0.860. The van der Waals surface area contributed by atoms with Crippen LogP contribution in [0.3, 0.4) is 0 Å². The van der Waals surface area contributed by atoms with Crippen LogP contribution in [0.15, 0.2) is 18.2 Å². The second-order valence-electron chi connectivity index (χ2n) is 5.50. The van der Waals surface area contributed by atoms with Crippen molar-refractivity contribution in [1.29, 1.82) is 0 Å². The number of nitrogens with zero attached hydrogens (tertiary/aromatic N) is 1. The fourth-order valence-corrected chi connectivity index (χ4v) is 3.09. The Bertz CT molecular complexity index is 400. The van der Waals surface area contributed by atoms with Gasteiger partial charge in [0, 0.05) is 25.7 Å². The van der Waals surface area contributed by atoms with Gasteiger partial charge in [-0.1, -0.05) is 18.2 Å². The molecule has 1 N–H and O–H groups in total. The van der Waals surface area contributed by atoms with Crippen LogP contribution in [0.4, 0.5) is 0 Å². The summed E-state index contributed by atoms with van der Waals surface area (Å²) >= 11 is 0. The first-order valence-electron chi connectivity index (χ1n) is 6.86. The Morgan fingerprint density at radius 3 is 2.82 bits per heavy atom. The van der Waals surface area contributed by atoms with Gasteiger partial charge in [0.05, 0.1) is 0 Å². The number of likely N-dealkylation sites (N-methyl/N-ethyl adjacent to an activating group) is 1. The summed E-state index contributed by atoms with van der Waals surface area (Å²) in [6, 6.07) is 7.67. The van der Waals surface area contributed by atoms with Gasteiger partial charge in [-0.15, -0.1) is 0 Å². The van der Waals surface area contributed by atoms with Crippen LogP contribution in [0.5, 0.6) is 0 Å². The highest BCUT2D eigenvalue weighted by molar-refractivity contribution is 5.35. The molecule has 1 unspecified atom stereocenters. The molecule has 1 heterocycles. The second kappa shape index (κ2) is 4.79. The Kier molecular flexibility index (Phi) is 3.17. The van der Waals surface area contributed by atoms with E-state index in [0.29, 0.717) is 6.04 Å². The molecule has 17 heavy (non-hydrogen) atoms. The quantitative estimate of drug-likeness (QED) is 0.795. The highest BCUT2D eigenvalue weighted by Crippen LogP contribution is 2.25. The van der Waals surface area contributed by atoms with Crippen LogP contribution in [0.25, 0.3) is 0 Å². The monoisotopic (exact) mass is 230 g/mol. The molecule has 92 valence electrons. The summed E-state index contributed by atoms with van der Waals surface area (Å²) in [5, 5.41) is 3.63. The van der Waals surface area contributed by atoms with Crippen LogP contribution in [-0.2, 0) is 12.8 Å². The van der Waals surface area contributed by atoms with Crippen LogP contribution in [0, 0.1) is 0 Å². The first kappa shape index (κ1) is 11.2. The van der Waals surface area contributed by atoms with E-state index >= 15 is 0 Å². The predicted octanol–water partition coefficient (Wildman–Crippen LogP) is 2.14. The molecule has 1 aromatic rings. The van der Waals surface area contributed by atoms with Gasteiger partial charge in [0.15, 0.2) is 0 Å². The largest absolute Gasteiger partial charge is 0.308 e. The minimum atomic E-state index is 0.529. The van der Waals surface area contributed by atoms with Crippen molar-refractivity contribution in [2.45, 2.75) is 31.7 Å². The SMILES string of the molecule is CN1CCNC(c2ccc3c(c2)CCCC3)C1. The summed E-state index contributed by atoms with van der Waals surface area (Å²) in [6.45, 7) is 3.42. The van der Waals surface area contributed by atoms with Gasteiger partial charge in [-0.05, 0) is 49.4 Å². The van der Waals surface area contributed by atoms with E-state index in [0.717, 1.165) is 13.1 Å². The fraction of sp³-hybridized carbons (Fsp3) is 0.600. The summed E-state index contributed by atoms with van der Waals surface area (Å²) in [5.41, 5.74) is 4.67. The van der Waals surface area contributed by atoms with Gasteiger partial charge in [-0.3, -0.25) is 0 Å². The molecule has 2 nitrogen and oxygen atoms in total. The molecule has 0 bridgehead atoms. The average molecular weight is 230 g/mol. The van der Waals surface area contributed by atoms with Crippen molar-refractivity contribution < 1.29 is 0 Å². The smallest absolute Gasteiger partial charge is 0.0449 e. The number of aryl methyl sites for hydroxylation is 2. The van der Waals surface area contributed by atoms with Crippen LogP contribution in [0.1, 0.15) is 35.6 Å². The summed E-state index contributed by atoms with van der Waals surface area (Å²) in [5.74, 6) is 0. The van der Waals surface area contributed by atoms with E-state index in [1.54, 1.807) is 11.1 Å². The standard InChI is InChI=1S/C15H22N2/c1-17-9-8-16-15(11-17)14-7-6-12-4-2-3-5-13(12)10-14/h6-7,10,15-16H,2-5,8-9,11H2,1H3. The highest BCUT2D eigenvalue weighted by Gasteiger charge is 2.19. The zero-order valence-electron chi connectivity index (χ0n) is 10.7. The van der Waals surface area contributed by atoms with Crippen LogP contribution in [0.2, 0.25) is 0 Å². The lowest BCUT2D eigenvalue weighted by atomic mass is 9.89. The fourth-order valence-electron chi connectivity index (χ4n) is 3.09. The van der Waals surface area contributed by atoms with E-state index in [4.69, 9.17) is 0 Å². The number of nitrogens with one attached hydrogen (secondary N) is 1. The lowest BCUT2D eigenvalue weighted by molar-refractivity contribution is 0.241. The Labute approximate surface area is 104 Å². The third-order valence-electron chi connectivity index (χ3n) is 4.15. The minimum absolute atomic E-state index is 0.529. The number of benzene rings is 1. The molecule has 1 aliphatic carbocycles. The average Bonchev–Trinajstić information content (AvgIpc) is 2.38. The van der Waals surface area contributed by atoms with Crippen molar-refractivity contribution in [2.24, 2.45) is 0 Å². The predicted molar refractivity (Wildman–Crippen MR) is 71.3 cm³/mol. The molecule has 1 aromatic carbocycles. The Balaban J connectivity index is 1.83. The van der Waals surface area contributed by atoms with Gasteiger partial charge in [0.2, 0.25) is 0 Å². The lowest BCUT2D eigenvalue weighted by Gasteiger charge is -2.32. The van der Waals surface area contributed by atoms with E-state index < -0.39 is 0 Å². The van der Waals surface area contributed by atoms with Crippen molar-refractivity contribution in [3.8, 4) is 0 Å². The van der Waals surface area contributed by atoms with Crippen molar-refractivity contribution >= 4 is 0 Å². The molecular weight excluding hydrogens is 208 g/mol. The van der Waals surface area contributed by atoms with E-state index in [1.165, 1.54) is 37.8 Å². The highest BCUT2D eigenvalue weighted by atomic mass is 15.2. The minimum Gasteiger partial charge on any atom is -0.308 e. The maximum Gasteiger partial charge on any atom is 0.0449 e. The maximum absolute atomic E-state index is 3.63. The number of piperazine rings is 1. The topological polar surface area (TPSA) is 15.3 Å². The van der Waals surface area contributed by atoms with Crippen LogP contribution < -0.4 is 5.32 Å². The van der Waals surface area contributed by atoms with Gasteiger partial charge in [-0.2, -0.15) is 0 Å². The molecule has 2 aliphatic rings. The van der Waals surface area contributed by atoms with Crippen LogP contribution in [-0.4, -0.2) is 31.6 Å². The maximum atomic E-state index is 3.63. The van der Waals surface area contributed by atoms with E-state index in [-0.39, 0.29) is 0 Å². The third kappa shape index (κ3) is 2.38. The van der Waals surface area contributed by atoms with Gasteiger partial charge < -0.3 is 10.2 Å². The molecule has 0 amide bonds. The van der Waals surface area contributed by atoms with Crippen LogP contribution >= 0.6 is 0 Å². The van der Waals surface area contributed by atoms with Gasteiger partial charge in [0.25, 0.3) is 0 Å². The number of rotatable bonds is 1. The first-order chi connectivity index (χ1) is 8.33. The molecule has 2 heteroatoms. The lowest BCUT2D eigenvalue weighted by Crippen LogP contribution is -2.43. The summed E-state index contributed by atoms with van der Waals surface area (Å²) in [6.07, 6.45) is 5.31. The number of hydrogen-bond acceptors (Lipinski definition) is 2. The van der Waals surface area contributed by atoms with Gasteiger partial charge in [-0.25, -0.2) is 0 Å². The van der Waals surface area contributed by atoms with Gasteiger partial charge >= 0.3 is 0 Å². The molecular formula is C15H22N2. The van der Waals surface area contributed by atoms with Gasteiger partial charge in [0.1, 0.15) is 0 Å². The molecule has 1 aliphatic heterocycles. The Morgan fingerprint density at radius 1 is 1.18 bits per heavy atom. The summed E-state index contributed by atoms with van der Waals surface area (Å²) in [7, 11) is 2.21. The number of hydrogen-bond donors (Lipinski definition) is 1. The molecule has 3 rings (SSSR count). The molecule has 1 fully saturated rings. The third-order valence-corrected chi connectivity index (χ3v) is 4.15. The van der Waals surface area contributed by atoms with Crippen molar-refractivity contribution in [2.75, 3.05) is 26.7 Å². The summed E-state index contributed by atoms with van der Waals surface area (Å²) < 4.78 is 0. The first-order valence-corrected chi connectivity index (χ1v) is 6.86. The van der Waals surface area contributed by atoms with E-state index in [9.17, 15) is 0 Å². The molecule has 0 radical (unpaired) electrons. The summed E-state index contributed by atoms with van der Waals surface area (Å²) in [4.78, 5) is 2.42. The molecule has 1 saturated heterocycles. The molecule has 0 spiro atoms. The zero-order chi connectivity index (χ0) is 11.7. The normalized spacial score (nSPS) is 25.6. The van der Waals surface area contributed by atoms with Crippen molar-refractivity contribution in [3.05, 3.63) is 34.9 Å². The van der Waals surface area contributed by atoms with E-state index in [2.05, 4.69) is 35.5 Å². The van der Waals surface area contributed by atoms with E-state index in [1.807, 2.05) is 0 Å². The zero-order valence-corrected chi connectivity index (χ0v) is 10.7. The molecule has 0 saturated carbocycles. The number of fused-ring (bicyclic) bond motifs is 1. The Morgan fingerprint density at radius 2 is 2.00 bits per heavy atom. The van der Waals surface area contributed by atoms with Crippen molar-refractivity contribution in [3.63, 3.8) is 0 Å². The second-order valence-corrected chi connectivity index (χ2v) is 5.50. The molecule has 0 aromatic heterocycles. The molecule has 1 atom stereocenters.